The summed E-state index contributed by atoms with van der Waals surface area (Å²) < 4.78 is 0. The fourth-order valence-corrected chi connectivity index (χ4v) is 3.49. The molecule has 4 heteroatoms. The van der Waals surface area contributed by atoms with Crippen LogP contribution in [-0.4, -0.2) is 18.6 Å². The Morgan fingerprint density at radius 3 is 3.16 bits per heavy atom. The van der Waals surface area contributed by atoms with Crippen molar-refractivity contribution in [3.8, 4) is 0 Å². The Morgan fingerprint density at radius 1 is 1.42 bits per heavy atom. The predicted molar refractivity (Wildman–Crippen MR) is 80.8 cm³/mol. The normalized spacial score (nSPS) is 16.2. The topological polar surface area (TPSA) is 28.2 Å². The zero-order chi connectivity index (χ0) is 13.2. The molecule has 0 saturated carbocycles. The molecule has 3 nitrogen and oxygen atoms in total. The number of pyridine rings is 1. The van der Waals surface area contributed by atoms with Crippen molar-refractivity contribution in [1.82, 2.24) is 10.3 Å². The summed E-state index contributed by atoms with van der Waals surface area (Å²) in [5.41, 5.74) is 2.74. The summed E-state index contributed by atoms with van der Waals surface area (Å²) >= 11 is 1.88. The van der Waals surface area contributed by atoms with Gasteiger partial charge < -0.3 is 10.2 Å². The first-order chi connectivity index (χ1) is 9.29. The molecule has 3 rings (SSSR count). The van der Waals surface area contributed by atoms with Crippen LogP contribution in [0.2, 0.25) is 0 Å². The van der Waals surface area contributed by atoms with Gasteiger partial charge in [-0.1, -0.05) is 6.07 Å². The summed E-state index contributed by atoms with van der Waals surface area (Å²) in [7, 11) is 1.99. The van der Waals surface area contributed by atoms with Crippen molar-refractivity contribution in [2.45, 2.75) is 25.9 Å². The maximum atomic E-state index is 4.62. The zero-order valence-electron chi connectivity index (χ0n) is 11.4. The van der Waals surface area contributed by atoms with Crippen molar-refractivity contribution >= 4 is 17.2 Å². The van der Waals surface area contributed by atoms with Crippen molar-refractivity contribution < 1.29 is 0 Å². The number of nitrogens with one attached hydrogen (secondary N) is 1. The molecule has 0 amide bonds. The van der Waals surface area contributed by atoms with Crippen molar-refractivity contribution in [3.63, 3.8) is 0 Å². The highest BCUT2D eigenvalue weighted by atomic mass is 32.1. The number of hydrogen-bond acceptors (Lipinski definition) is 4. The molecule has 0 aliphatic carbocycles. The summed E-state index contributed by atoms with van der Waals surface area (Å²) in [6.45, 7) is 4.23. The first-order valence-electron chi connectivity index (χ1n) is 6.72. The maximum absolute atomic E-state index is 4.62. The Kier molecular flexibility index (Phi) is 3.53. The fraction of sp³-hybridized carbons (Fsp3) is 0.400. The highest BCUT2D eigenvalue weighted by molar-refractivity contribution is 7.10. The van der Waals surface area contributed by atoms with E-state index in [4.69, 9.17) is 0 Å². The Balaban J connectivity index is 1.91. The molecule has 1 N–H and O–H groups in total. The van der Waals surface area contributed by atoms with E-state index in [0.29, 0.717) is 6.04 Å². The highest BCUT2D eigenvalue weighted by Crippen LogP contribution is 2.30. The summed E-state index contributed by atoms with van der Waals surface area (Å²) in [5, 5.41) is 5.51. The Labute approximate surface area is 118 Å². The van der Waals surface area contributed by atoms with Crippen LogP contribution < -0.4 is 10.2 Å². The third kappa shape index (κ3) is 2.38. The van der Waals surface area contributed by atoms with Crippen molar-refractivity contribution in [2.24, 2.45) is 0 Å². The summed E-state index contributed by atoms with van der Waals surface area (Å²) in [6.07, 6.45) is 3.03. The molecular formula is C15H19N3S. The van der Waals surface area contributed by atoms with E-state index in [0.717, 1.165) is 25.3 Å². The second kappa shape index (κ2) is 5.31. The molecule has 2 aromatic heterocycles. The molecule has 3 heterocycles. The molecule has 0 radical (unpaired) electrons. The van der Waals surface area contributed by atoms with Gasteiger partial charge in [0.2, 0.25) is 0 Å². The number of hydrogen-bond donors (Lipinski definition) is 1. The largest absolute Gasteiger partial charge is 0.352 e. The van der Waals surface area contributed by atoms with Crippen molar-refractivity contribution in [1.29, 1.82) is 0 Å². The minimum atomic E-state index is 0.326. The van der Waals surface area contributed by atoms with Gasteiger partial charge >= 0.3 is 0 Å². The minimum absolute atomic E-state index is 0.326. The lowest BCUT2D eigenvalue weighted by molar-refractivity contribution is 0.637. The molecule has 0 bridgehead atoms. The monoisotopic (exact) mass is 273 g/mol. The van der Waals surface area contributed by atoms with E-state index >= 15 is 0 Å². The Hall–Kier alpha value is -1.39. The predicted octanol–water partition coefficient (Wildman–Crippen LogP) is 2.99. The summed E-state index contributed by atoms with van der Waals surface area (Å²) in [5.74, 6) is 1.13. The first-order valence-corrected chi connectivity index (χ1v) is 7.60. The second-order valence-electron chi connectivity index (χ2n) is 4.97. The lowest BCUT2D eigenvalue weighted by Gasteiger charge is -2.30. The molecule has 0 fully saturated rings. The van der Waals surface area contributed by atoms with E-state index in [1.54, 1.807) is 0 Å². The van der Waals surface area contributed by atoms with E-state index in [1.807, 2.05) is 30.6 Å². The number of fused-ring (bicyclic) bond motifs is 1. The van der Waals surface area contributed by atoms with Gasteiger partial charge in [-0.2, -0.15) is 0 Å². The van der Waals surface area contributed by atoms with E-state index < -0.39 is 0 Å². The minimum Gasteiger partial charge on any atom is -0.352 e. The van der Waals surface area contributed by atoms with Crippen molar-refractivity contribution in [2.75, 3.05) is 18.5 Å². The van der Waals surface area contributed by atoms with Crippen LogP contribution in [0.5, 0.6) is 0 Å². The van der Waals surface area contributed by atoms with E-state index in [2.05, 4.69) is 39.6 Å². The standard InChI is InChI=1S/C15H19N3S/c1-11(16-2)13-4-3-7-17-15(13)18-8-5-14-12(10-18)6-9-19-14/h3-4,6-7,9,11,16H,5,8,10H2,1-2H3. The smallest absolute Gasteiger partial charge is 0.133 e. The molecular weight excluding hydrogens is 254 g/mol. The number of nitrogens with zero attached hydrogens (tertiary/aromatic N) is 2. The van der Waals surface area contributed by atoms with Gasteiger partial charge in [0, 0.05) is 35.8 Å². The van der Waals surface area contributed by atoms with Gasteiger partial charge in [-0.3, -0.25) is 0 Å². The van der Waals surface area contributed by atoms with Crippen LogP contribution in [0.1, 0.15) is 29.0 Å². The van der Waals surface area contributed by atoms with Gasteiger partial charge in [-0.05, 0) is 43.5 Å². The molecule has 2 aromatic rings. The third-order valence-electron chi connectivity index (χ3n) is 3.82. The molecule has 1 aliphatic rings. The van der Waals surface area contributed by atoms with Crippen LogP contribution in [0.15, 0.2) is 29.8 Å². The number of aromatic nitrogens is 1. The van der Waals surface area contributed by atoms with Gasteiger partial charge in [0.1, 0.15) is 5.82 Å². The SMILES string of the molecule is CNC(C)c1cccnc1N1CCc2sccc2C1. The zero-order valence-corrected chi connectivity index (χ0v) is 12.2. The molecule has 1 atom stereocenters. The van der Waals surface area contributed by atoms with E-state index in [1.165, 1.54) is 16.0 Å². The van der Waals surface area contributed by atoms with Gasteiger partial charge in [0.25, 0.3) is 0 Å². The van der Waals surface area contributed by atoms with Crippen molar-refractivity contribution in [3.05, 3.63) is 45.8 Å². The van der Waals surface area contributed by atoms with Gasteiger partial charge in [0.15, 0.2) is 0 Å². The average molecular weight is 273 g/mol. The lowest BCUT2D eigenvalue weighted by Crippen LogP contribution is -2.31. The van der Waals surface area contributed by atoms with Crippen LogP contribution in [-0.2, 0) is 13.0 Å². The van der Waals surface area contributed by atoms with Crippen LogP contribution in [0.25, 0.3) is 0 Å². The number of thiophene rings is 1. The van der Waals surface area contributed by atoms with Gasteiger partial charge in [-0.25, -0.2) is 4.98 Å². The average Bonchev–Trinajstić information content (AvgIpc) is 2.93. The maximum Gasteiger partial charge on any atom is 0.133 e. The van der Waals surface area contributed by atoms with Crippen LogP contribution in [0.4, 0.5) is 5.82 Å². The van der Waals surface area contributed by atoms with E-state index in [9.17, 15) is 0 Å². The molecule has 1 aliphatic heterocycles. The summed E-state index contributed by atoms with van der Waals surface area (Å²) in [6, 6.07) is 6.77. The molecule has 19 heavy (non-hydrogen) atoms. The molecule has 1 unspecified atom stereocenters. The third-order valence-corrected chi connectivity index (χ3v) is 4.85. The molecule has 0 aromatic carbocycles. The summed E-state index contributed by atoms with van der Waals surface area (Å²) in [4.78, 5) is 8.56. The highest BCUT2D eigenvalue weighted by Gasteiger charge is 2.21. The Bertz CT molecular complexity index is 564. The van der Waals surface area contributed by atoms with Gasteiger partial charge in [-0.15, -0.1) is 11.3 Å². The van der Waals surface area contributed by atoms with E-state index in [-0.39, 0.29) is 0 Å². The Morgan fingerprint density at radius 2 is 2.32 bits per heavy atom. The first kappa shape index (κ1) is 12.6. The quantitative estimate of drug-likeness (QED) is 0.932. The van der Waals surface area contributed by atoms with Crippen LogP contribution in [0, 0.1) is 0 Å². The lowest BCUT2D eigenvalue weighted by atomic mass is 10.1. The fourth-order valence-electron chi connectivity index (χ4n) is 2.60. The van der Waals surface area contributed by atoms with Gasteiger partial charge in [0.05, 0.1) is 0 Å². The van der Waals surface area contributed by atoms with Crippen LogP contribution in [0.3, 0.4) is 0 Å². The number of rotatable bonds is 3. The molecule has 100 valence electrons. The number of anilines is 1. The molecule has 0 saturated heterocycles. The van der Waals surface area contributed by atoms with Crippen LogP contribution >= 0.6 is 11.3 Å². The molecule has 0 spiro atoms. The second-order valence-corrected chi connectivity index (χ2v) is 5.97.